The second-order valence-corrected chi connectivity index (χ2v) is 6.59. The fourth-order valence-electron chi connectivity index (χ4n) is 2.26. The van der Waals surface area contributed by atoms with Crippen LogP contribution in [0.4, 0.5) is 17.1 Å². The summed E-state index contributed by atoms with van der Waals surface area (Å²) in [5, 5.41) is 16.5. The number of hydrogen-bond donors (Lipinski definition) is 2. The molecule has 0 bridgehead atoms. The maximum absolute atomic E-state index is 12.1. The highest BCUT2D eigenvalue weighted by Crippen LogP contribution is 2.28. The first-order valence-corrected chi connectivity index (χ1v) is 8.64. The van der Waals surface area contributed by atoms with E-state index >= 15 is 0 Å². The standard InChI is InChI=1S/C18H14N4O4S/c1-11(23)19-13-4-6-14(7-5-13)20-18-21-17(24)16(27-18)10-12-2-8-15(9-3-12)22(25)26/h2-10H,1H3,(H,19,23)(H,20,21,24)/b16-10-. The van der Waals surface area contributed by atoms with Crippen LogP contribution in [-0.2, 0) is 9.59 Å². The van der Waals surface area contributed by atoms with Gasteiger partial charge in [0.25, 0.3) is 11.6 Å². The summed E-state index contributed by atoms with van der Waals surface area (Å²) in [4.78, 5) is 38.1. The van der Waals surface area contributed by atoms with Crippen LogP contribution in [0.2, 0.25) is 0 Å². The third-order valence-corrected chi connectivity index (χ3v) is 4.38. The van der Waals surface area contributed by atoms with Crippen LogP contribution >= 0.6 is 11.8 Å². The summed E-state index contributed by atoms with van der Waals surface area (Å²) in [7, 11) is 0. The highest BCUT2D eigenvalue weighted by Gasteiger charge is 2.23. The van der Waals surface area contributed by atoms with Crippen molar-refractivity contribution in [2.75, 3.05) is 5.32 Å². The van der Waals surface area contributed by atoms with Crippen LogP contribution in [0.3, 0.4) is 0 Å². The van der Waals surface area contributed by atoms with Gasteiger partial charge in [-0.2, -0.15) is 0 Å². The fourth-order valence-corrected chi connectivity index (χ4v) is 3.11. The van der Waals surface area contributed by atoms with E-state index in [-0.39, 0.29) is 17.5 Å². The first kappa shape index (κ1) is 18.3. The SMILES string of the molecule is CC(=O)Nc1ccc(N=C2NC(=O)/C(=C/c3ccc([N+](=O)[O-])cc3)S2)cc1. The van der Waals surface area contributed by atoms with Crippen molar-refractivity contribution in [3.05, 3.63) is 69.1 Å². The zero-order valence-corrected chi connectivity index (χ0v) is 14.9. The molecule has 3 rings (SSSR count). The Kier molecular flexibility index (Phi) is 5.32. The average Bonchev–Trinajstić information content (AvgIpc) is 2.96. The number of carbonyl (C=O) groups is 2. The van der Waals surface area contributed by atoms with Crippen molar-refractivity contribution in [3.8, 4) is 0 Å². The number of thioether (sulfide) groups is 1. The minimum absolute atomic E-state index is 0.00867. The molecule has 0 aromatic heterocycles. The van der Waals surface area contributed by atoms with Crippen molar-refractivity contribution in [1.82, 2.24) is 5.32 Å². The largest absolute Gasteiger partial charge is 0.326 e. The van der Waals surface area contributed by atoms with Crippen molar-refractivity contribution in [1.29, 1.82) is 0 Å². The van der Waals surface area contributed by atoms with Gasteiger partial charge in [0.2, 0.25) is 5.91 Å². The number of carbonyl (C=O) groups excluding carboxylic acids is 2. The second-order valence-electron chi connectivity index (χ2n) is 5.56. The first-order chi connectivity index (χ1) is 12.9. The minimum atomic E-state index is -0.476. The zero-order chi connectivity index (χ0) is 19.4. The highest BCUT2D eigenvalue weighted by atomic mass is 32.2. The molecule has 2 N–H and O–H groups in total. The molecule has 2 amide bonds. The van der Waals surface area contributed by atoms with Crippen LogP contribution in [0.1, 0.15) is 12.5 Å². The Labute approximate surface area is 158 Å². The molecule has 27 heavy (non-hydrogen) atoms. The molecule has 0 atom stereocenters. The van der Waals surface area contributed by atoms with Gasteiger partial charge in [0.15, 0.2) is 5.17 Å². The van der Waals surface area contributed by atoms with Gasteiger partial charge in [-0.3, -0.25) is 19.7 Å². The Morgan fingerprint density at radius 1 is 1.19 bits per heavy atom. The molecular formula is C18H14N4O4S. The second kappa shape index (κ2) is 7.83. The number of nitro groups is 1. The molecule has 1 saturated heterocycles. The van der Waals surface area contributed by atoms with Gasteiger partial charge in [-0.1, -0.05) is 0 Å². The van der Waals surface area contributed by atoms with Gasteiger partial charge in [0.1, 0.15) is 0 Å². The van der Waals surface area contributed by atoms with E-state index < -0.39 is 4.92 Å². The van der Waals surface area contributed by atoms with E-state index in [9.17, 15) is 19.7 Å². The Balaban J connectivity index is 1.73. The molecule has 0 unspecified atom stereocenters. The summed E-state index contributed by atoms with van der Waals surface area (Å²) in [5.41, 5.74) is 1.96. The Bertz CT molecular complexity index is 966. The molecule has 0 saturated carbocycles. The molecular weight excluding hydrogens is 368 g/mol. The Hall–Kier alpha value is -3.46. The van der Waals surface area contributed by atoms with Crippen LogP contribution in [0, 0.1) is 10.1 Å². The van der Waals surface area contributed by atoms with Crippen LogP contribution in [0.15, 0.2) is 58.4 Å². The maximum atomic E-state index is 12.1. The molecule has 0 spiro atoms. The van der Waals surface area contributed by atoms with E-state index in [4.69, 9.17) is 0 Å². The van der Waals surface area contributed by atoms with Crippen LogP contribution < -0.4 is 10.6 Å². The number of anilines is 1. The molecule has 9 heteroatoms. The van der Waals surface area contributed by atoms with Crippen molar-refractivity contribution < 1.29 is 14.5 Å². The summed E-state index contributed by atoms with van der Waals surface area (Å²) in [6.07, 6.45) is 1.64. The van der Waals surface area contributed by atoms with Gasteiger partial charge in [-0.25, -0.2) is 4.99 Å². The number of non-ortho nitro benzene ring substituents is 1. The summed E-state index contributed by atoms with van der Waals surface area (Å²) in [6, 6.07) is 12.8. The van der Waals surface area contributed by atoms with Crippen LogP contribution in [0.25, 0.3) is 6.08 Å². The summed E-state index contributed by atoms with van der Waals surface area (Å²) >= 11 is 1.18. The third-order valence-electron chi connectivity index (χ3n) is 3.47. The van der Waals surface area contributed by atoms with Gasteiger partial charge in [0.05, 0.1) is 15.5 Å². The highest BCUT2D eigenvalue weighted by molar-refractivity contribution is 8.18. The van der Waals surface area contributed by atoms with Gasteiger partial charge in [0, 0.05) is 24.7 Å². The predicted molar refractivity (Wildman–Crippen MR) is 105 cm³/mol. The number of rotatable bonds is 4. The third kappa shape index (κ3) is 4.79. The predicted octanol–water partition coefficient (Wildman–Crippen LogP) is 3.44. The minimum Gasteiger partial charge on any atom is -0.326 e. The normalized spacial score (nSPS) is 16.4. The molecule has 0 aliphatic carbocycles. The number of benzene rings is 2. The lowest BCUT2D eigenvalue weighted by Gasteiger charge is -2.02. The molecule has 136 valence electrons. The van der Waals surface area contributed by atoms with Gasteiger partial charge in [-0.05, 0) is 59.8 Å². The molecule has 1 aliphatic heterocycles. The van der Waals surface area contributed by atoms with Crippen molar-refractivity contribution in [3.63, 3.8) is 0 Å². The Morgan fingerprint density at radius 2 is 1.85 bits per heavy atom. The van der Waals surface area contributed by atoms with Gasteiger partial charge >= 0.3 is 0 Å². The van der Waals surface area contributed by atoms with Gasteiger partial charge < -0.3 is 10.6 Å². The Morgan fingerprint density at radius 3 is 2.44 bits per heavy atom. The molecule has 2 aromatic carbocycles. The average molecular weight is 382 g/mol. The molecule has 8 nitrogen and oxygen atoms in total. The number of hydrogen-bond acceptors (Lipinski definition) is 6. The molecule has 0 radical (unpaired) electrons. The lowest BCUT2D eigenvalue weighted by atomic mass is 10.2. The van der Waals surface area contributed by atoms with Gasteiger partial charge in [-0.15, -0.1) is 0 Å². The number of nitro benzene ring substituents is 1. The molecule has 2 aromatic rings. The summed E-state index contributed by atoms with van der Waals surface area (Å²) in [6.45, 7) is 1.43. The number of amidine groups is 1. The van der Waals surface area contributed by atoms with Crippen molar-refractivity contribution >= 4 is 51.9 Å². The number of aliphatic imine (C=N–C) groups is 1. The van der Waals surface area contributed by atoms with Crippen molar-refractivity contribution in [2.24, 2.45) is 4.99 Å². The molecule has 1 aliphatic rings. The lowest BCUT2D eigenvalue weighted by molar-refractivity contribution is -0.384. The molecule has 1 fully saturated rings. The lowest BCUT2D eigenvalue weighted by Crippen LogP contribution is -2.19. The van der Waals surface area contributed by atoms with E-state index in [2.05, 4.69) is 15.6 Å². The summed E-state index contributed by atoms with van der Waals surface area (Å²) < 4.78 is 0. The van der Waals surface area contributed by atoms with E-state index in [0.29, 0.717) is 27.0 Å². The maximum Gasteiger partial charge on any atom is 0.269 e. The van der Waals surface area contributed by atoms with Crippen LogP contribution in [-0.4, -0.2) is 21.9 Å². The zero-order valence-electron chi connectivity index (χ0n) is 14.1. The van der Waals surface area contributed by atoms with E-state index in [1.807, 2.05) is 0 Å². The quantitative estimate of drug-likeness (QED) is 0.478. The van der Waals surface area contributed by atoms with E-state index in [1.165, 1.54) is 30.8 Å². The fraction of sp³-hybridized carbons (Fsp3) is 0.0556. The van der Waals surface area contributed by atoms with E-state index in [0.717, 1.165) is 0 Å². The summed E-state index contributed by atoms with van der Waals surface area (Å²) in [5.74, 6) is -0.444. The van der Waals surface area contributed by atoms with E-state index in [1.54, 1.807) is 42.5 Å². The van der Waals surface area contributed by atoms with Crippen molar-refractivity contribution in [2.45, 2.75) is 6.92 Å². The number of nitrogens with zero attached hydrogens (tertiary/aromatic N) is 2. The number of nitrogens with one attached hydrogen (secondary N) is 2. The van der Waals surface area contributed by atoms with Crippen LogP contribution in [0.5, 0.6) is 0 Å². The molecule has 1 heterocycles. The smallest absolute Gasteiger partial charge is 0.269 e. The topological polar surface area (TPSA) is 114 Å². The monoisotopic (exact) mass is 382 g/mol. The first-order valence-electron chi connectivity index (χ1n) is 7.82. The number of amides is 2.